The van der Waals surface area contributed by atoms with E-state index in [2.05, 4.69) is 4.74 Å². The summed E-state index contributed by atoms with van der Waals surface area (Å²) in [6.45, 7) is 3.72. The molecule has 5 nitrogen and oxygen atoms in total. The van der Waals surface area contributed by atoms with Crippen molar-refractivity contribution < 1.29 is 24.5 Å². The lowest BCUT2D eigenvalue weighted by Gasteiger charge is -2.43. The molecule has 0 unspecified atom stereocenters. The van der Waals surface area contributed by atoms with Crippen molar-refractivity contribution in [3.05, 3.63) is 0 Å². The number of ether oxygens (including phenoxy) is 2. The highest BCUT2D eigenvalue weighted by molar-refractivity contribution is 5.70. The van der Waals surface area contributed by atoms with Crippen molar-refractivity contribution in [1.29, 1.82) is 0 Å². The smallest absolute Gasteiger partial charge is 0.310 e. The zero-order valence-corrected chi connectivity index (χ0v) is 9.27. The molecule has 1 aliphatic rings. The third-order valence-corrected chi connectivity index (χ3v) is 3.03. The minimum atomic E-state index is -1.61. The molecular weight excluding hydrogens is 200 g/mol. The predicted octanol–water partition coefficient (Wildman–Crippen LogP) is -0.0986. The van der Waals surface area contributed by atoms with Gasteiger partial charge in [0.15, 0.2) is 5.79 Å². The number of carbonyl (C=O) groups excluding carboxylic acids is 1. The van der Waals surface area contributed by atoms with E-state index >= 15 is 0 Å². The average molecular weight is 218 g/mol. The minimum Gasteiger partial charge on any atom is -0.469 e. The van der Waals surface area contributed by atoms with Crippen LogP contribution in [0, 0.1) is 11.8 Å². The molecule has 2 N–H and O–H groups in total. The van der Waals surface area contributed by atoms with Crippen LogP contribution in [0.25, 0.3) is 0 Å². The molecule has 0 aromatic heterocycles. The van der Waals surface area contributed by atoms with Crippen LogP contribution < -0.4 is 0 Å². The Labute approximate surface area is 89.0 Å². The van der Waals surface area contributed by atoms with Gasteiger partial charge >= 0.3 is 5.97 Å². The summed E-state index contributed by atoms with van der Waals surface area (Å²) in [4.78, 5) is 11.1. The van der Waals surface area contributed by atoms with Gasteiger partial charge in [-0.25, -0.2) is 0 Å². The number of aliphatic hydroxyl groups excluding tert-OH is 1. The molecule has 0 amide bonds. The lowest BCUT2D eigenvalue weighted by atomic mass is 9.83. The van der Waals surface area contributed by atoms with Crippen LogP contribution in [-0.2, 0) is 14.3 Å². The SMILES string of the molecule is COC(=O)C[C@@]1(O)OC[C@H](C)[C@@H](O)[C@@H]1C. The van der Waals surface area contributed by atoms with Crippen molar-refractivity contribution in [1.82, 2.24) is 0 Å². The molecule has 15 heavy (non-hydrogen) atoms. The molecule has 1 heterocycles. The van der Waals surface area contributed by atoms with E-state index in [1.54, 1.807) is 6.92 Å². The third kappa shape index (κ3) is 2.48. The summed E-state index contributed by atoms with van der Waals surface area (Å²) in [5, 5.41) is 19.8. The highest BCUT2D eigenvalue weighted by atomic mass is 16.6. The zero-order valence-electron chi connectivity index (χ0n) is 9.27. The quantitative estimate of drug-likeness (QED) is 0.633. The molecule has 1 fully saturated rings. The maximum atomic E-state index is 11.1. The second kappa shape index (κ2) is 4.47. The number of hydrogen-bond acceptors (Lipinski definition) is 5. The van der Waals surface area contributed by atoms with E-state index in [1.165, 1.54) is 7.11 Å². The van der Waals surface area contributed by atoms with Crippen molar-refractivity contribution in [2.24, 2.45) is 11.8 Å². The number of aliphatic hydroxyl groups is 2. The summed E-state index contributed by atoms with van der Waals surface area (Å²) in [7, 11) is 1.25. The standard InChI is InChI=1S/C10H18O5/c1-6-5-15-10(13,4-8(11)14-3)7(2)9(6)12/h6-7,9,12-13H,4-5H2,1-3H3/t6-,7-,9+,10+/m0/s1. The number of rotatable bonds is 2. The Morgan fingerprint density at radius 3 is 2.73 bits per heavy atom. The Hall–Kier alpha value is -0.650. The first-order valence-electron chi connectivity index (χ1n) is 5.02. The highest BCUT2D eigenvalue weighted by Gasteiger charge is 2.46. The normalized spacial score (nSPS) is 41.3. The van der Waals surface area contributed by atoms with Crippen molar-refractivity contribution >= 4 is 5.97 Å². The number of esters is 1. The van der Waals surface area contributed by atoms with Crippen LogP contribution in [0.15, 0.2) is 0 Å². The second-order valence-corrected chi connectivity index (χ2v) is 4.17. The number of methoxy groups -OCH3 is 1. The van der Waals surface area contributed by atoms with E-state index in [0.29, 0.717) is 0 Å². The summed E-state index contributed by atoms with van der Waals surface area (Å²) in [5.74, 6) is -2.72. The Kier molecular flexibility index (Phi) is 3.70. The third-order valence-electron chi connectivity index (χ3n) is 3.03. The van der Waals surface area contributed by atoms with E-state index in [-0.39, 0.29) is 18.9 Å². The molecule has 0 bridgehead atoms. The lowest BCUT2D eigenvalue weighted by molar-refractivity contribution is -0.290. The minimum absolute atomic E-state index is 0.0436. The molecule has 4 atom stereocenters. The van der Waals surface area contributed by atoms with Gasteiger partial charge < -0.3 is 19.7 Å². The van der Waals surface area contributed by atoms with Gasteiger partial charge in [0.1, 0.15) is 0 Å². The molecule has 0 aromatic rings. The van der Waals surface area contributed by atoms with Crippen LogP contribution in [0.2, 0.25) is 0 Å². The van der Waals surface area contributed by atoms with Crippen LogP contribution in [0.4, 0.5) is 0 Å². The van der Waals surface area contributed by atoms with E-state index in [4.69, 9.17) is 4.74 Å². The lowest BCUT2D eigenvalue weighted by Crippen LogP contribution is -2.54. The van der Waals surface area contributed by atoms with Crippen molar-refractivity contribution in [3.63, 3.8) is 0 Å². The van der Waals surface area contributed by atoms with Crippen molar-refractivity contribution in [2.45, 2.75) is 32.2 Å². The average Bonchev–Trinajstić information content (AvgIpc) is 2.21. The maximum absolute atomic E-state index is 11.1. The van der Waals surface area contributed by atoms with Gasteiger partial charge in [-0.05, 0) is 0 Å². The van der Waals surface area contributed by atoms with Gasteiger partial charge in [0.05, 0.1) is 26.2 Å². The van der Waals surface area contributed by atoms with Crippen LogP contribution in [0.5, 0.6) is 0 Å². The molecule has 5 heteroatoms. The summed E-state index contributed by atoms with van der Waals surface area (Å²) in [6.07, 6.45) is -0.928. The molecule has 0 aliphatic carbocycles. The summed E-state index contributed by atoms with van der Waals surface area (Å²) < 4.78 is 9.70. The van der Waals surface area contributed by atoms with Gasteiger partial charge in [0, 0.05) is 11.8 Å². The summed E-state index contributed by atoms with van der Waals surface area (Å²) in [6, 6.07) is 0. The highest BCUT2D eigenvalue weighted by Crippen LogP contribution is 2.34. The fraction of sp³-hybridized carbons (Fsp3) is 0.900. The maximum Gasteiger partial charge on any atom is 0.310 e. The van der Waals surface area contributed by atoms with Crippen LogP contribution in [0.3, 0.4) is 0 Å². The van der Waals surface area contributed by atoms with Gasteiger partial charge in [-0.15, -0.1) is 0 Å². The predicted molar refractivity (Wildman–Crippen MR) is 51.9 cm³/mol. The van der Waals surface area contributed by atoms with Gasteiger partial charge in [0.2, 0.25) is 0 Å². The molecule has 1 saturated heterocycles. The topological polar surface area (TPSA) is 76.0 Å². The van der Waals surface area contributed by atoms with Gasteiger partial charge in [-0.3, -0.25) is 4.79 Å². The van der Waals surface area contributed by atoms with Crippen LogP contribution >= 0.6 is 0 Å². The first kappa shape index (κ1) is 12.4. The monoisotopic (exact) mass is 218 g/mol. The largest absolute Gasteiger partial charge is 0.469 e. The first-order chi connectivity index (χ1) is 6.90. The van der Waals surface area contributed by atoms with E-state index in [0.717, 1.165) is 0 Å². The van der Waals surface area contributed by atoms with Crippen molar-refractivity contribution in [3.8, 4) is 0 Å². The Balaban J connectivity index is 2.71. The number of carbonyl (C=O) groups is 1. The van der Waals surface area contributed by atoms with Crippen LogP contribution in [-0.4, -0.2) is 41.8 Å². The molecule has 0 aromatic carbocycles. The fourth-order valence-electron chi connectivity index (χ4n) is 1.76. The zero-order chi connectivity index (χ0) is 11.6. The van der Waals surface area contributed by atoms with E-state index < -0.39 is 23.8 Å². The van der Waals surface area contributed by atoms with Gasteiger partial charge in [0.25, 0.3) is 0 Å². The van der Waals surface area contributed by atoms with E-state index in [1.807, 2.05) is 6.92 Å². The molecule has 1 rings (SSSR count). The molecule has 0 saturated carbocycles. The first-order valence-corrected chi connectivity index (χ1v) is 5.02. The van der Waals surface area contributed by atoms with E-state index in [9.17, 15) is 15.0 Å². The molecular formula is C10H18O5. The summed E-state index contributed by atoms with van der Waals surface area (Å²) >= 11 is 0. The van der Waals surface area contributed by atoms with Gasteiger partial charge in [-0.1, -0.05) is 13.8 Å². The second-order valence-electron chi connectivity index (χ2n) is 4.17. The molecule has 0 spiro atoms. The Morgan fingerprint density at radius 1 is 1.60 bits per heavy atom. The fourth-order valence-corrected chi connectivity index (χ4v) is 1.76. The number of hydrogen-bond donors (Lipinski definition) is 2. The Bertz CT molecular complexity index is 242. The summed E-state index contributed by atoms with van der Waals surface area (Å²) in [5.41, 5.74) is 0. The van der Waals surface area contributed by atoms with Gasteiger partial charge in [-0.2, -0.15) is 0 Å². The van der Waals surface area contributed by atoms with Crippen LogP contribution in [0.1, 0.15) is 20.3 Å². The Morgan fingerprint density at radius 2 is 2.20 bits per heavy atom. The van der Waals surface area contributed by atoms with Crippen molar-refractivity contribution in [2.75, 3.05) is 13.7 Å². The molecule has 1 aliphatic heterocycles. The molecule has 88 valence electrons. The molecule has 0 radical (unpaired) electrons.